The molecule has 0 bridgehead atoms. The van der Waals surface area contributed by atoms with Crippen molar-refractivity contribution in [2.75, 3.05) is 24.6 Å². The standard InChI is InChI=1S/C18H34N2O4S/c1-5-25(22,23)13-11-19-15-9-6-8-14(15)16-10-7-12-20(16)17(21)24-18(2,3)4/h14-16,19H,5-13H2,1-4H3. The normalized spacial score (nSPS) is 27.7. The molecule has 2 rings (SSSR count). The van der Waals surface area contributed by atoms with Gasteiger partial charge in [0.05, 0.1) is 5.75 Å². The van der Waals surface area contributed by atoms with Gasteiger partial charge in [-0.05, 0) is 52.4 Å². The fraction of sp³-hybridized carbons (Fsp3) is 0.944. The van der Waals surface area contributed by atoms with Crippen molar-refractivity contribution in [2.24, 2.45) is 5.92 Å². The van der Waals surface area contributed by atoms with Gasteiger partial charge in [0.15, 0.2) is 9.84 Å². The summed E-state index contributed by atoms with van der Waals surface area (Å²) < 4.78 is 28.9. The van der Waals surface area contributed by atoms with E-state index < -0.39 is 15.4 Å². The molecule has 0 aromatic rings. The highest BCUT2D eigenvalue weighted by Gasteiger charge is 2.41. The van der Waals surface area contributed by atoms with E-state index in [0.29, 0.717) is 18.5 Å². The SMILES string of the molecule is CCS(=O)(=O)CCNC1CCCC1C1CCCN1C(=O)OC(C)(C)C. The Morgan fingerprint density at radius 1 is 1.20 bits per heavy atom. The van der Waals surface area contributed by atoms with Crippen molar-refractivity contribution in [1.82, 2.24) is 10.2 Å². The van der Waals surface area contributed by atoms with E-state index in [9.17, 15) is 13.2 Å². The largest absolute Gasteiger partial charge is 0.444 e. The van der Waals surface area contributed by atoms with Gasteiger partial charge in [0.25, 0.3) is 0 Å². The van der Waals surface area contributed by atoms with Gasteiger partial charge in [0.2, 0.25) is 0 Å². The van der Waals surface area contributed by atoms with Crippen LogP contribution in [0.3, 0.4) is 0 Å². The van der Waals surface area contributed by atoms with Crippen LogP contribution in [0, 0.1) is 5.92 Å². The van der Waals surface area contributed by atoms with Crippen LogP contribution in [0.1, 0.15) is 59.8 Å². The number of sulfone groups is 1. The number of carbonyl (C=O) groups is 1. The molecule has 0 aromatic heterocycles. The van der Waals surface area contributed by atoms with Crippen LogP contribution >= 0.6 is 0 Å². The molecule has 1 heterocycles. The van der Waals surface area contributed by atoms with Gasteiger partial charge < -0.3 is 15.0 Å². The minimum absolute atomic E-state index is 0.188. The third kappa shape index (κ3) is 5.84. The van der Waals surface area contributed by atoms with Crippen LogP contribution < -0.4 is 5.32 Å². The zero-order valence-corrected chi connectivity index (χ0v) is 16.9. The molecule has 0 aromatic carbocycles. The second kappa shape index (κ2) is 8.25. The highest BCUT2D eigenvalue weighted by molar-refractivity contribution is 7.91. The Balaban J connectivity index is 1.94. The number of hydrogen-bond acceptors (Lipinski definition) is 5. The fourth-order valence-corrected chi connectivity index (χ4v) is 4.75. The van der Waals surface area contributed by atoms with E-state index in [2.05, 4.69) is 5.32 Å². The summed E-state index contributed by atoms with van der Waals surface area (Å²) in [6.45, 7) is 8.62. The number of hydrogen-bond donors (Lipinski definition) is 1. The van der Waals surface area contributed by atoms with E-state index in [0.717, 1.165) is 38.6 Å². The van der Waals surface area contributed by atoms with Crippen molar-refractivity contribution in [3.05, 3.63) is 0 Å². The van der Waals surface area contributed by atoms with Gasteiger partial charge >= 0.3 is 6.09 Å². The maximum Gasteiger partial charge on any atom is 0.410 e. The molecule has 2 aliphatic rings. The summed E-state index contributed by atoms with van der Waals surface area (Å²) in [6.07, 6.45) is 5.07. The van der Waals surface area contributed by atoms with Crippen LogP contribution in [0.15, 0.2) is 0 Å². The summed E-state index contributed by atoms with van der Waals surface area (Å²) in [5.41, 5.74) is -0.480. The van der Waals surface area contributed by atoms with Crippen LogP contribution in [0.4, 0.5) is 4.79 Å². The molecular weight excluding hydrogens is 340 g/mol. The highest BCUT2D eigenvalue weighted by Crippen LogP contribution is 2.36. The van der Waals surface area contributed by atoms with E-state index >= 15 is 0 Å². The van der Waals surface area contributed by atoms with Crippen LogP contribution in [0.2, 0.25) is 0 Å². The van der Waals surface area contributed by atoms with Gasteiger partial charge in [-0.3, -0.25) is 0 Å². The zero-order valence-electron chi connectivity index (χ0n) is 16.1. The molecule has 2 fully saturated rings. The average Bonchev–Trinajstić information content (AvgIpc) is 3.13. The molecule has 1 N–H and O–H groups in total. The Labute approximate surface area is 152 Å². The van der Waals surface area contributed by atoms with Crippen molar-refractivity contribution in [2.45, 2.75) is 77.5 Å². The van der Waals surface area contributed by atoms with E-state index in [-0.39, 0.29) is 23.6 Å². The molecule has 25 heavy (non-hydrogen) atoms. The van der Waals surface area contributed by atoms with Crippen molar-refractivity contribution in [3.8, 4) is 0 Å². The predicted octanol–water partition coefficient (Wildman–Crippen LogP) is 2.58. The molecule has 3 atom stereocenters. The van der Waals surface area contributed by atoms with Gasteiger partial charge in [-0.25, -0.2) is 13.2 Å². The third-order valence-electron chi connectivity index (χ3n) is 5.25. The van der Waals surface area contributed by atoms with E-state index in [1.54, 1.807) is 6.92 Å². The van der Waals surface area contributed by atoms with Crippen molar-refractivity contribution >= 4 is 15.9 Å². The minimum atomic E-state index is -2.94. The zero-order chi connectivity index (χ0) is 18.7. The molecule has 6 nitrogen and oxygen atoms in total. The minimum Gasteiger partial charge on any atom is -0.444 e. The lowest BCUT2D eigenvalue weighted by molar-refractivity contribution is 0.0167. The number of nitrogens with zero attached hydrogens (tertiary/aromatic N) is 1. The number of rotatable bonds is 6. The predicted molar refractivity (Wildman–Crippen MR) is 99.4 cm³/mol. The van der Waals surface area contributed by atoms with E-state index in [1.165, 1.54) is 0 Å². The number of nitrogens with one attached hydrogen (secondary N) is 1. The first-order valence-electron chi connectivity index (χ1n) is 9.56. The van der Waals surface area contributed by atoms with Gasteiger partial charge in [0.1, 0.15) is 5.60 Å². The molecule has 1 saturated carbocycles. The van der Waals surface area contributed by atoms with Crippen molar-refractivity contribution < 1.29 is 17.9 Å². The second-order valence-corrected chi connectivity index (χ2v) is 10.7. The van der Waals surface area contributed by atoms with Crippen LogP contribution in [0.25, 0.3) is 0 Å². The Morgan fingerprint density at radius 2 is 1.92 bits per heavy atom. The smallest absolute Gasteiger partial charge is 0.410 e. The number of carbonyl (C=O) groups excluding carboxylic acids is 1. The summed E-state index contributed by atoms with van der Waals surface area (Å²) in [7, 11) is -2.94. The van der Waals surface area contributed by atoms with Crippen LogP contribution in [-0.2, 0) is 14.6 Å². The summed E-state index contributed by atoms with van der Waals surface area (Å²) in [6, 6.07) is 0.498. The van der Waals surface area contributed by atoms with Crippen LogP contribution in [0.5, 0.6) is 0 Å². The molecule has 146 valence electrons. The Kier molecular flexibility index (Phi) is 6.76. The summed E-state index contributed by atoms with van der Waals surface area (Å²) in [4.78, 5) is 14.4. The van der Waals surface area contributed by atoms with E-state index in [1.807, 2.05) is 25.7 Å². The molecule has 0 spiro atoms. The first kappa shape index (κ1) is 20.5. The molecule has 1 aliphatic heterocycles. The van der Waals surface area contributed by atoms with Gasteiger partial charge in [-0.15, -0.1) is 0 Å². The van der Waals surface area contributed by atoms with Gasteiger partial charge in [-0.1, -0.05) is 13.3 Å². The molecule has 0 radical (unpaired) electrons. The van der Waals surface area contributed by atoms with E-state index in [4.69, 9.17) is 4.74 Å². The Hall–Kier alpha value is -0.820. The lowest BCUT2D eigenvalue weighted by atomic mass is 9.92. The maximum atomic E-state index is 12.5. The Morgan fingerprint density at radius 3 is 2.56 bits per heavy atom. The molecule has 7 heteroatoms. The van der Waals surface area contributed by atoms with Crippen molar-refractivity contribution in [1.29, 1.82) is 0 Å². The molecule has 1 aliphatic carbocycles. The molecular formula is C18H34N2O4S. The Bertz CT molecular complexity index is 556. The first-order chi connectivity index (χ1) is 11.6. The number of amides is 1. The summed E-state index contributed by atoms with van der Waals surface area (Å²) in [5.74, 6) is 0.768. The second-order valence-electron chi connectivity index (χ2n) is 8.28. The summed E-state index contributed by atoms with van der Waals surface area (Å²) in [5, 5.41) is 3.45. The lowest BCUT2D eigenvalue weighted by Gasteiger charge is -2.34. The van der Waals surface area contributed by atoms with Gasteiger partial charge in [-0.2, -0.15) is 0 Å². The molecule has 1 amide bonds. The lowest BCUT2D eigenvalue weighted by Crippen LogP contribution is -2.48. The quantitative estimate of drug-likeness (QED) is 0.773. The number of ether oxygens (including phenoxy) is 1. The molecule has 1 saturated heterocycles. The topological polar surface area (TPSA) is 75.7 Å². The maximum absolute atomic E-state index is 12.5. The monoisotopic (exact) mass is 374 g/mol. The number of likely N-dealkylation sites (tertiary alicyclic amines) is 1. The van der Waals surface area contributed by atoms with Crippen molar-refractivity contribution in [3.63, 3.8) is 0 Å². The fourth-order valence-electron chi connectivity index (χ4n) is 4.03. The average molecular weight is 375 g/mol. The molecule has 3 unspecified atom stereocenters. The third-order valence-corrected chi connectivity index (χ3v) is 6.96. The highest BCUT2D eigenvalue weighted by atomic mass is 32.2. The van der Waals surface area contributed by atoms with Crippen LogP contribution in [-0.4, -0.2) is 61.7 Å². The van der Waals surface area contributed by atoms with Gasteiger partial charge in [0, 0.05) is 30.9 Å². The first-order valence-corrected chi connectivity index (χ1v) is 11.4. The summed E-state index contributed by atoms with van der Waals surface area (Å²) >= 11 is 0.